The van der Waals surface area contributed by atoms with Crippen LogP contribution in [0.3, 0.4) is 0 Å². The van der Waals surface area contributed by atoms with Gasteiger partial charge in [0.15, 0.2) is 5.78 Å². The summed E-state index contributed by atoms with van der Waals surface area (Å²) < 4.78 is 21.4. The Bertz CT molecular complexity index is 962. The maximum absolute atomic E-state index is 13.2. The van der Waals surface area contributed by atoms with Crippen LogP contribution in [0, 0.1) is 13.8 Å². The quantitative estimate of drug-likeness (QED) is 0.544. The zero-order valence-corrected chi connectivity index (χ0v) is 16.4. The predicted octanol–water partition coefficient (Wildman–Crippen LogP) is 4.68. The molecule has 0 spiro atoms. The van der Waals surface area contributed by atoms with Gasteiger partial charge in [0.2, 0.25) is 5.89 Å². The molecule has 7 heteroatoms. The molecule has 5 nitrogen and oxygen atoms in total. The van der Waals surface area contributed by atoms with Gasteiger partial charge in [0.05, 0.1) is 6.54 Å². The van der Waals surface area contributed by atoms with Gasteiger partial charge in [-0.05, 0) is 31.5 Å². The Kier molecular flexibility index (Phi) is 5.36. The molecule has 136 valence electrons. The van der Waals surface area contributed by atoms with Crippen molar-refractivity contribution in [3.8, 4) is 11.6 Å². The van der Waals surface area contributed by atoms with Crippen LogP contribution < -0.4 is 0 Å². The number of nitrogens with zero attached hydrogens (tertiary/aromatic N) is 3. The van der Waals surface area contributed by atoms with Gasteiger partial charge in [-0.15, -0.1) is 10.2 Å². The molecule has 26 heavy (non-hydrogen) atoms. The van der Waals surface area contributed by atoms with Crippen LogP contribution in [0.5, 0.6) is 0 Å². The fourth-order valence-electron chi connectivity index (χ4n) is 3.14. The number of ketones is 1. The lowest BCUT2D eigenvalue weighted by molar-refractivity contribution is 0.103. The van der Waals surface area contributed by atoms with Crippen LogP contribution in [0.2, 0.25) is 0 Å². The summed E-state index contributed by atoms with van der Waals surface area (Å²) in [6.45, 7) is 5.13. The van der Waals surface area contributed by atoms with Gasteiger partial charge in [-0.3, -0.25) is 4.79 Å². The Morgan fingerprint density at radius 3 is 2.69 bits per heavy atom. The van der Waals surface area contributed by atoms with Crippen molar-refractivity contribution in [2.75, 3.05) is 6.67 Å². The Morgan fingerprint density at radius 1 is 1.31 bits per heavy atom. The van der Waals surface area contributed by atoms with E-state index in [1.54, 1.807) is 16.7 Å². The van der Waals surface area contributed by atoms with E-state index in [9.17, 15) is 9.18 Å². The highest BCUT2D eigenvalue weighted by atomic mass is 79.9. The molecule has 0 atom stereocenters. The summed E-state index contributed by atoms with van der Waals surface area (Å²) in [5.41, 5.74) is 3.12. The molecule has 3 aromatic rings. The Hall–Kier alpha value is -2.28. The lowest BCUT2D eigenvalue weighted by atomic mass is 10.00. The number of rotatable bonds is 6. The van der Waals surface area contributed by atoms with Crippen molar-refractivity contribution in [2.45, 2.75) is 33.7 Å². The highest BCUT2D eigenvalue weighted by Crippen LogP contribution is 2.32. The first-order valence-electron chi connectivity index (χ1n) is 8.36. The van der Waals surface area contributed by atoms with Crippen LogP contribution >= 0.6 is 15.9 Å². The minimum atomic E-state index is -0.554. The van der Waals surface area contributed by atoms with Crippen molar-refractivity contribution in [1.29, 1.82) is 0 Å². The molecule has 0 amide bonds. The van der Waals surface area contributed by atoms with E-state index in [0.29, 0.717) is 46.3 Å². The third-order valence-corrected chi connectivity index (χ3v) is 4.85. The number of halogens is 2. The van der Waals surface area contributed by atoms with Gasteiger partial charge in [-0.1, -0.05) is 35.0 Å². The third kappa shape index (κ3) is 3.23. The van der Waals surface area contributed by atoms with Crippen LogP contribution in [-0.2, 0) is 13.0 Å². The maximum atomic E-state index is 13.2. The van der Waals surface area contributed by atoms with Crippen LogP contribution in [0.4, 0.5) is 4.39 Å². The number of benzene rings is 1. The maximum Gasteiger partial charge on any atom is 0.264 e. The number of carbonyl (C=O) groups excluding carboxylic acids is 1. The summed E-state index contributed by atoms with van der Waals surface area (Å²) >= 11 is 3.39. The monoisotopic (exact) mass is 419 g/mol. The molecule has 0 unspecified atom stereocenters. The number of hydrogen-bond donors (Lipinski definition) is 0. The number of alkyl halides is 1. The minimum Gasteiger partial charge on any atom is -0.419 e. The number of hydrogen-bond acceptors (Lipinski definition) is 4. The topological polar surface area (TPSA) is 60.9 Å². The first kappa shape index (κ1) is 18.5. The van der Waals surface area contributed by atoms with E-state index in [1.807, 2.05) is 32.9 Å². The molecule has 1 aromatic carbocycles. The molecule has 2 heterocycles. The average Bonchev–Trinajstić information content (AvgIpc) is 3.18. The third-order valence-electron chi connectivity index (χ3n) is 4.36. The first-order valence-corrected chi connectivity index (χ1v) is 9.15. The normalized spacial score (nSPS) is 11.1. The molecule has 0 aliphatic rings. The molecule has 0 saturated heterocycles. The Balaban J connectivity index is 2.17. The van der Waals surface area contributed by atoms with Crippen molar-refractivity contribution in [3.05, 3.63) is 57.0 Å². The molecule has 3 rings (SSSR count). The molecule has 0 aliphatic heterocycles. The molecule has 0 N–H and O–H groups in total. The molecular weight excluding hydrogens is 401 g/mol. The number of aromatic nitrogens is 3. The second kappa shape index (κ2) is 7.53. The lowest BCUT2D eigenvalue weighted by Crippen LogP contribution is -2.07. The summed E-state index contributed by atoms with van der Waals surface area (Å²) in [5, 5.41) is 8.07. The van der Waals surface area contributed by atoms with Crippen LogP contribution in [0.1, 0.15) is 40.0 Å². The molecule has 0 aliphatic carbocycles. The van der Waals surface area contributed by atoms with Crippen molar-refractivity contribution < 1.29 is 13.6 Å². The van der Waals surface area contributed by atoms with E-state index < -0.39 is 6.67 Å². The zero-order valence-electron chi connectivity index (χ0n) is 14.8. The molecule has 0 radical (unpaired) electrons. The van der Waals surface area contributed by atoms with E-state index in [0.717, 1.165) is 4.47 Å². The highest BCUT2D eigenvalue weighted by Gasteiger charge is 2.27. The van der Waals surface area contributed by atoms with Gasteiger partial charge in [0, 0.05) is 27.7 Å². The Morgan fingerprint density at radius 2 is 2.08 bits per heavy atom. The van der Waals surface area contributed by atoms with Gasteiger partial charge < -0.3 is 8.98 Å². The zero-order chi connectivity index (χ0) is 18.8. The van der Waals surface area contributed by atoms with Gasteiger partial charge >= 0.3 is 0 Å². The first-order chi connectivity index (χ1) is 12.5. The number of aryl methyl sites for hydroxylation is 1. The summed E-state index contributed by atoms with van der Waals surface area (Å²) in [6, 6.07) is 7.21. The van der Waals surface area contributed by atoms with E-state index in [2.05, 4.69) is 26.1 Å². The SMILES string of the molecule is CCc1nnc(-c2c(C)c(C(=O)c3cccc(Br)c3)c(C)n2CCF)o1. The fraction of sp³-hybridized carbons (Fsp3) is 0.316. The number of carbonyl (C=O) groups is 1. The van der Waals surface area contributed by atoms with Crippen molar-refractivity contribution in [2.24, 2.45) is 0 Å². The van der Waals surface area contributed by atoms with Crippen molar-refractivity contribution in [1.82, 2.24) is 14.8 Å². The molecule has 2 aromatic heterocycles. The van der Waals surface area contributed by atoms with Gasteiger partial charge in [-0.2, -0.15) is 0 Å². The lowest BCUT2D eigenvalue weighted by Gasteiger charge is -2.07. The summed E-state index contributed by atoms with van der Waals surface area (Å²) in [6.07, 6.45) is 0.610. The van der Waals surface area contributed by atoms with E-state index in [1.165, 1.54) is 0 Å². The largest absolute Gasteiger partial charge is 0.419 e. The average molecular weight is 420 g/mol. The van der Waals surface area contributed by atoms with Crippen molar-refractivity contribution >= 4 is 21.7 Å². The minimum absolute atomic E-state index is 0.115. The Labute approximate surface area is 159 Å². The summed E-state index contributed by atoms with van der Waals surface area (Å²) in [5.74, 6) is 0.699. The van der Waals surface area contributed by atoms with Gasteiger partial charge in [0.1, 0.15) is 12.4 Å². The van der Waals surface area contributed by atoms with Crippen LogP contribution in [0.15, 0.2) is 33.2 Å². The molecule has 0 saturated carbocycles. The molecule has 0 bridgehead atoms. The van der Waals surface area contributed by atoms with E-state index in [4.69, 9.17) is 4.42 Å². The van der Waals surface area contributed by atoms with Crippen LogP contribution in [-0.4, -0.2) is 27.2 Å². The fourth-order valence-corrected chi connectivity index (χ4v) is 3.53. The van der Waals surface area contributed by atoms with Crippen molar-refractivity contribution in [3.63, 3.8) is 0 Å². The molecular formula is C19H19BrFN3O2. The van der Waals surface area contributed by atoms with Gasteiger partial charge in [0.25, 0.3) is 5.89 Å². The predicted molar refractivity (Wildman–Crippen MR) is 100 cm³/mol. The van der Waals surface area contributed by atoms with Gasteiger partial charge in [-0.25, -0.2) is 4.39 Å². The smallest absolute Gasteiger partial charge is 0.264 e. The standard InChI is InChI=1S/C19H19BrFN3O2/c1-4-15-22-23-19(26-15)17-11(2)16(12(3)24(17)9-8-21)18(25)13-6-5-7-14(20)10-13/h5-7,10H,4,8-9H2,1-3H3. The highest BCUT2D eigenvalue weighted by molar-refractivity contribution is 9.10. The molecule has 0 fully saturated rings. The summed E-state index contributed by atoms with van der Waals surface area (Å²) in [4.78, 5) is 13.1. The second-order valence-corrected chi connectivity index (χ2v) is 6.88. The second-order valence-electron chi connectivity index (χ2n) is 5.97. The van der Waals surface area contributed by atoms with Crippen LogP contribution in [0.25, 0.3) is 11.6 Å². The summed E-state index contributed by atoms with van der Waals surface area (Å²) in [7, 11) is 0. The van der Waals surface area contributed by atoms with E-state index >= 15 is 0 Å². The van der Waals surface area contributed by atoms with E-state index in [-0.39, 0.29) is 12.3 Å².